The van der Waals surface area contributed by atoms with Crippen LogP contribution in [0.2, 0.25) is 0 Å². The summed E-state index contributed by atoms with van der Waals surface area (Å²) in [5, 5.41) is 12.0. The molecule has 1 amide bonds. The van der Waals surface area contributed by atoms with Crippen molar-refractivity contribution in [3.05, 3.63) is 26.4 Å². The van der Waals surface area contributed by atoms with Crippen molar-refractivity contribution < 1.29 is 4.79 Å². The number of hydrogen-bond donors (Lipinski definition) is 1. The summed E-state index contributed by atoms with van der Waals surface area (Å²) in [6.45, 7) is 0.660. The summed E-state index contributed by atoms with van der Waals surface area (Å²) >= 11 is 0. The topological polar surface area (TPSA) is 100 Å². The van der Waals surface area contributed by atoms with Gasteiger partial charge in [0.05, 0.1) is 0 Å². The van der Waals surface area contributed by atoms with Gasteiger partial charge >= 0.3 is 5.69 Å². The first kappa shape index (κ1) is 17.8. The Balaban J connectivity index is 2.48. The second-order valence-corrected chi connectivity index (χ2v) is 6.07. The van der Waals surface area contributed by atoms with Crippen LogP contribution >= 0.6 is 0 Å². The molecule has 0 bridgehead atoms. The maximum Gasteiger partial charge on any atom is 0.332 e. The monoisotopic (exact) mass is 333 g/mol. The molecule has 1 fully saturated rings. The summed E-state index contributed by atoms with van der Waals surface area (Å²) in [6.07, 6.45) is 3.80. The Morgan fingerprint density at radius 2 is 2.00 bits per heavy atom. The second kappa shape index (κ2) is 7.34. The van der Waals surface area contributed by atoms with Crippen molar-refractivity contribution in [3.8, 4) is 6.07 Å². The number of piperidine rings is 1. The van der Waals surface area contributed by atoms with E-state index < -0.39 is 11.2 Å². The van der Waals surface area contributed by atoms with Crippen LogP contribution < -0.4 is 21.5 Å². The number of anilines is 1. The molecule has 0 spiro atoms. The fourth-order valence-electron chi connectivity index (χ4n) is 3.27. The molecule has 130 valence electrons. The lowest BCUT2D eigenvalue weighted by atomic mass is 9.97. The fraction of sp³-hybridized carbons (Fsp3) is 0.625. The highest BCUT2D eigenvalue weighted by Gasteiger charge is 2.29. The summed E-state index contributed by atoms with van der Waals surface area (Å²) in [5.74, 6) is 0.325. The highest BCUT2D eigenvalue weighted by Crippen LogP contribution is 2.27. The van der Waals surface area contributed by atoms with E-state index in [-0.39, 0.29) is 17.5 Å². The van der Waals surface area contributed by atoms with E-state index in [1.165, 1.54) is 11.6 Å². The van der Waals surface area contributed by atoms with Gasteiger partial charge in [-0.1, -0.05) is 0 Å². The maximum atomic E-state index is 12.3. The predicted octanol–water partition coefficient (Wildman–Crippen LogP) is -0.159. The van der Waals surface area contributed by atoms with Crippen LogP contribution in [0, 0.1) is 11.3 Å². The van der Waals surface area contributed by atoms with E-state index in [1.54, 1.807) is 14.1 Å². The number of carbonyl (C=O) groups excluding carboxylic acids is 1. The average Bonchev–Trinajstić information content (AvgIpc) is 2.61. The zero-order valence-electron chi connectivity index (χ0n) is 14.3. The Morgan fingerprint density at radius 1 is 1.29 bits per heavy atom. The van der Waals surface area contributed by atoms with Crippen molar-refractivity contribution >= 4 is 11.7 Å². The van der Waals surface area contributed by atoms with Crippen LogP contribution in [0.3, 0.4) is 0 Å². The molecule has 0 saturated carbocycles. The molecule has 0 aromatic carbocycles. The minimum absolute atomic E-state index is 0.0218. The SMILES string of the molecule is CNC(=O)CC[C@H]1CCCCN1c1c(C#N)c(=O)n(C)c(=O)n1C. The molecule has 2 rings (SSSR count). The molecule has 1 N–H and O–H groups in total. The molecule has 1 aromatic heterocycles. The summed E-state index contributed by atoms with van der Waals surface area (Å²) < 4.78 is 2.31. The second-order valence-electron chi connectivity index (χ2n) is 6.07. The normalized spacial score (nSPS) is 17.4. The molecule has 8 nitrogen and oxygen atoms in total. The minimum Gasteiger partial charge on any atom is -0.359 e. The average molecular weight is 333 g/mol. The van der Waals surface area contributed by atoms with Gasteiger partial charge in [0.1, 0.15) is 11.9 Å². The number of nitrogens with zero attached hydrogens (tertiary/aromatic N) is 4. The van der Waals surface area contributed by atoms with Crippen LogP contribution in [-0.4, -0.2) is 34.7 Å². The van der Waals surface area contributed by atoms with Crippen molar-refractivity contribution in [1.82, 2.24) is 14.5 Å². The van der Waals surface area contributed by atoms with Gasteiger partial charge in [0, 0.05) is 40.2 Å². The fourth-order valence-corrected chi connectivity index (χ4v) is 3.27. The quantitative estimate of drug-likeness (QED) is 0.825. The molecule has 0 radical (unpaired) electrons. The molecular formula is C16H23N5O3. The lowest BCUT2D eigenvalue weighted by Gasteiger charge is -2.38. The number of carbonyl (C=O) groups is 1. The molecule has 1 aliphatic heterocycles. The summed E-state index contributed by atoms with van der Waals surface area (Å²) in [4.78, 5) is 38.1. The van der Waals surface area contributed by atoms with Gasteiger partial charge in [-0.25, -0.2) is 4.79 Å². The van der Waals surface area contributed by atoms with Crippen LogP contribution in [0.5, 0.6) is 0 Å². The third-order valence-corrected chi connectivity index (χ3v) is 4.63. The molecule has 8 heteroatoms. The van der Waals surface area contributed by atoms with Crippen molar-refractivity contribution in [2.24, 2.45) is 14.1 Å². The van der Waals surface area contributed by atoms with Gasteiger partial charge in [-0.05, 0) is 25.7 Å². The van der Waals surface area contributed by atoms with E-state index in [1.807, 2.05) is 11.0 Å². The van der Waals surface area contributed by atoms with Crippen LogP contribution in [-0.2, 0) is 18.9 Å². The maximum absolute atomic E-state index is 12.3. The Kier molecular flexibility index (Phi) is 5.44. The van der Waals surface area contributed by atoms with E-state index in [0.717, 1.165) is 23.8 Å². The van der Waals surface area contributed by atoms with E-state index in [2.05, 4.69) is 5.32 Å². The van der Waals surface area contributed by atoms with Crippen LogP contribution in [0.1, 0.15) is 37.7 Å². The van der Waals surface area contributed by atoms with E-state index in [9.17, 15) is 19.6 Å². The molecular weight excluding hydrogens is 310 g/mol. The summed E-state index contributed by atoms with van der Waals surface area (Å²) in [5.41, 5.74) is -1.05. The molecule has 24 heavy (non-hydrogen) atoms. The largest absolute Gasteiger partial charge is 0.359 e. The zero-order valence-corrected chi connectivity index (χ0v) is 14.3. The number of nitriles is 1. The number of aromatic nitrogens is 2. The lowest BCUT2D eigenvalue weighted by Crippen LogP contribution is -2.47. The highest BCUT2D eigenvalue weighted by atomic mass is 16.2. The summed E-state index contributed by atoms with van der Waals surface area (Å²) in [7, 11) is 4.54. The molecule has 1 atom stereocenters. The minimum atomic E-state index is -0.578. The Morgan fingerprint density at radius 3 is 2.62 bits per heavy atom. The number of hydrogen-bond acceptors (Lipinski definition) is 5. The van der Waals surface area contributed by atoms with Gasteiger partial charge in [0.15, 0.2) is 5.56 Å². The van der Waals surface area contributed by atoms with Gasteiger partial charge in [0.25, 0.3) is 5.56 Å². The van der Waals surface area contributed by atoms with Crippen molar-refractivity contribution in [1.29, 1.82) is 5.26 Å². The first-order valence-electron chi connectivity index (χ1n) is 8.09. The first-order chi connectivity index (χ1) is 11.4. The molecule has 1 saturated heterocycles. The summed E-state index contributed by atoms with van der Waals surface area (Å²) in [6, 6.07) is 1.98. The van der Waals surface area contributed by atoms with Crippen LogP contribution in [0.25, 0.3) is 0 Å². The van der Waals surface area contributed by atoms with Gasteiger partial charge < -0.3 is 10.2 Å². The van der Waals surface area contributed by atoms with Crippen molar-refractivity contribution in [2.75, 3.05) is 18.5 Å². The zero-order chi connectivity index (χ0) is 17.9. The molecule has 1 aliphatic rings. The van der Waals surface area contributed by atoms with E-state index >= 15 is 0 Å². The van der Waals surface area contributed by atoms with Crippen molar-refractivity contribution in [2.45, 2.75) is 38.1 Å². The van der Waals surface area contributed by atoms with Gasteiger partial charge in [-0.15, -0.1) is 0 Å². The highest BCUT2D eigenvalue weighted by molar-refractivity contribution is 5.75. The van der Waals surface area contributed by atoms with Gasteiger partial charge in [-0.3, -0.25) is 18.7 Å². The van der Waals surface area contributed by atoms with Crippen molar-refractivity contribution in [3.63, 3.8) is 0 Å². The molecule has 1 aromatic rings. The number of amides is 1. The van der Waals surface area contributed by atoms with Crippen LogP contribution in [0.15, 0.2) is 9.59 Å². The third-order valence-electron chi connectivity index (χ3n) is 4.63. The Bertz CT molecular complexity index is 787. The molecule has 0 aliphatic carbocycles. The lowest BCUT2D eigenvalue weighted by molar-refractivity contribution is -0.120. The Hall–Kier alpha value is -2.56. The first-order valence-corrected chi connectivity index (χ1v) is 8.09. The standard InChI is InChI=1S/C16H23N5O3/c1-18-13(22)8-7-11-6-4-5-9-21(11)14-12(10-17)15(23)20(3)16(24)19(14)2/h11H,4-9H2,1-3H3,(H,18,22)/t11-/m1/s1. The van der Waals surface area contributed by atoms with Gasteiger partial charge in [0.2, 0.25) is 5.91 Å². The molecule has 2 heterocycles. The van der Waals surface area contributed by atoms with E-state index in [0.29, 0.717) is 25.2 Å². The number of nitrogens with one attached hydrogen (secondary N) is 1. The smallest absolute Gasteiger partial charge is 0.332 e. The van der Waals surface area contributed by atoms with Crippen LogP contribution in [0.4, 0.5) is 5.82 Å². The van der Waals surface area contributed by atoms with Gasteiger partial charge in [-0.2, -0.15) is 5.26 Å². The predicted molar refractivity (Wildman–Crippen MR) is 89.9 cm³/mol. The van der Waals surface area contributed by atoms with E-state index in [4.69, 9.17) is 0 Å². The Labute approximate surface area is 140 Å². The number of rotatable bonds is 4. The third kappa shape index (κ3) is 3.20. The molecule has 0 unspecified atom stereocenters.